The SMILES string of the molecule is Cc1ccc(NC(=O)c2cnc(Nc3ccc(F)c(F)c3F)cn2)cc1. The van der Waals surface area contributed by atoms with E-state index in [0.29, 0.717) is 5.69 Å². The molecule has 2 N–H and O–H groups in total. The molecule has 1 heterocycles. The third-order valence-corrected chi connectivity index (χ3v) is 3.49. The molecule has 3 aromatic rings. The molecule has 0 fully saturated rings. The van der Waals surface area contributed by atoms with Crippen LogP contribution in [0.5, 0.6) is 0 Å². The van der Waals surface area contributed by atoms with E-state index in [9.17, 15) is 18.0 Å². The maximum Gasteiger partial charge on any atom is 0.275 e. The number of benzene rings is 2. The molecular weight excluding hydrogens is 345 g/mol. The molecular formula is C18H13F3N4O. The molecule has 0 aliphatic rings. The largest absolute Gasteiger partial charge is 0.336 e. The van der Waals surface area contributed by atoms with Crippen LogP contribution < -0.4 is 10.6 Å². The summed E-state index contributed by atoms with van der Waals surface area (Å²) >= 11 is 0. The molecule has 0 unspecified atom stereocenters. The minimum absolute atomic E-state index is 0.0434. The maximum absolute atomic E-state index is 13.6. The van der Waals surface area contributed by atoms with Gasteiger partial charge in [0, 0.05) is 5.69 Å². The fourth-order valence-electron chi connectivity index (χ4n) is 2.10. The molecule has 1 aromatic heterocycles. The molecule has 0 radical (unpaired) electrons. The van der Waals surface area contributed by atoms with Crippen LogP contribution in [0.4, 0.5) is 30.4 Å². The molecule has 0 saturated heterocycles. The molecule has 0 spiro atoms. The number of carbonyl (C=O) groups is 1. The van der Waals surface area contributed by atoms with E-state index in [1.54, 1.807) is 12.1 Å². The Labute approximate surface area is 146 Å². The van der Waals surface area contributed by atoms with Crippen LogP contribution in [0, 0.1) is 24.4 Å². The Bertz CT molecular complexity index is 944. The summed E-state index contributed by atoms with van der Waals surface area (Å²) in [6.07, 6.45) is 2.37. The summed E-state index contributed by atoms with van der Waals surface area (Å²) in [6, 6.07) is 9.03. The van der Waals surface area contributed by atoms with Gasteiger partial charge in [-0.1, -0.05) is 17.7 Å². The second-order valence-corrected chi connectivity index (χ2v) is 5.45. The zero-order valence-corrected chi connectivity index (χ0v) is 13.6. The summed E-state index contributed by atoms with van der Waals surface area (Å²) in [4.78, 5) is 20.0. The standard InChI is InChI=1S/C18H13F3N4O/c1-10-2-4-11(5-3-10)24-18(26)14-8-23-15(9-22-14)25-13-7-6-12(19)16(20)17(13)21/h2-9H,1H3,(H,23,25)(H,24,26). The van der Waals surface area contributed by atoms with Crippen molar-refractivity contribution in [3.8, 4) is 0 Å². The Hall–Kier alpha value is -3.42. The van der Waals surface area contributed by atoms with Crippen molar-refractivity contribution in [2.24, 2.45) is 0 Å². The molecule has 0 aliphatic heterocycles. The van der Waals surface area contributed by atoms with Crippen molar-refractivity contribution in [1.82, 2.24) is 9.97 Å². The highest BCUT2D eigenvalue weighted by Gasteiger charge is 2.14. The first-order valence-corrected chi connectivity index (χ1v) is 7.54. The van der Waals surface area contributed by atoms with E-state index >= 15 is 0 Å². The molecule has 5 nitrogen and oxygen atoms in total. The fourth-order valence-corrected chi connectivity index (χ4v) is 2.10. The van der Waals surface area contributed by atoms with Gasteiger partial charge in [0.1, 0.15) is 11.5 Å². The number of anilines is 3. The van der Waals surface area contributed by atoms with Gasteiger partial charge in [-0.05, 0) is 31.2 Å². The van der Waals surface area contributed by atoms with Crippen LogP contribution in [0.2, 0.25) is 0 Å². The third-order valence-electron chi connectivity index (χ3n) is 3.49. The van der Waals surface area contributed by atoms with Crippen LogP contribution in [0.15, 0.2) is 48.8 Å². The average molecular weight is 358 g/mol. The average Bonchev–Trinajstić information content (AvgIpc) is 2.64. The maximum atomic E-state index is 13.6. The molecule has 0 bridgehead atoms. The molecule has 3 rings (SSSR count). The zero-order valence-electron chi connectivity index (χ0n) is 13.6. The predicted molar refractivity (Wildman–Crippen MR) is 90.8 cm³/mol. The van der Waals surface area contributed by atoms with Gasteiger partial charge in [0.05, 0.1) is 18.1 Å². The number of aromatic nitrogens is 2. The van der Waals surface area contributed by atoms with E-state index in [0.717, 1.165) is 17.7 Å². The van der Waals surface area contributed by atoms with Gasteiger partial charge in [-0.3, -0.25) is 4.79 Å². The van der Waals surface area contributed by atoms with E-state index in [2.05, 4.69) is 20.6 Å². The number of amides is 1. The Balaban J connectivity index is 1.71. The summed E-state index contributed by atoms with van der Waals surface area (Å²) in [5.41, 5.74) is 1.41. The van der Waals surface area contributed by atoms with E-state index in [4.69, 9.17) is 0 Å². The number of carbonyl (C=O) groups excluding carboxylic acids is 1. The Kier molecular flexibility index (Phi) is 4.83. The second kappa shape index (κ2) is 7.22. The smallest absolute Gasteiger partial charge is 0.275 e. The molecule has 26 heavy (non-hydrogen) atoms. The van der Waals surface area contributed by atoms with Gasteiger partial charge in [0.15, 0.2) is 17.5 Å². The summed E-state index contributed by atoms with van der Waals surface area (Å²) in [7, 11) is 0. The monoisotopic (exact) mass is 358 g/mol. The molecule has 0 aliphatic carbocycles. The lowest BCUT2D eigenvalue weighted by Gasteiger charge is -2.08. The number of nitrogens with one attached hydrogen (secondary N) is 2. The van der Waals surface area contributed by atoms with Crippen molar-refractivity contribution in [3.05, 3.63) is 77.5 Å². The molecule has 1 amide bonds. The number of nitrogens with zero attached hydrogens (tertiary/aromatic N) is 2. The first-order chi connectivity index (χ1) is 12.4. The summed E-state index contributed by atoms with van der Waals surface area (Å²) in [5, 5.41) is 5.14. The van der Waals surface area contributed by atoms with Crippen LogP contribution in [-0.2, 0) is 0 Å². The van der Waals surface area contributed by atoms with Crippen molar-refractivity contribution in [2.75, 3.05) is 10.6 Å². The van der Waals surface area contributed by atoms with Crippen molar-refractivity contribution >= 4 is 23.1 Å². The molecule has 2 aromatic carbocycles. The Morgan fingerprint density at radius 2 is 1.65 bits per heavy atom. The summed E-state index contributed by atoms with van der Waals surface area (Å²) in [5.74, 6) is -4.64. The van der Waals surface area contributed by atoms with Crippen LogP contribution in [-0.4, -0.2) is 15.9 Å². The van der Waals surface area contributed by atoms with Crippen LogP contribution in [0.1, 0.15) is 16.1 Å². The zero-order chi connectivity index (χ0) is 18.7. The van der Waals surface area contributed by atoms with Crippen molar-refractivity contribution in [1.29, 1.82) is 0 Å². The van der Waals surface area contributed by atoms with Crippen molar-refractivity contribution in [2.45, 2.75) is 6.92 Å². The lowest BCUT2D eigenvalue weighted by molar-refractivity contribution is 0.102. The number of rotatable bonds is 4. The second-order valence-electron chi connectivity index (χ2n) is 5.45. The minimum Gasteiger partial charge on any atom is -0.336 e. The Morgan fingerprint density at radius 1 is 0.923 bits per heavy atom. The first-order valence-electron chi connectivity index (χ1n) is 7.54. The molecule has 0 saturated carbocycles. The number of aryl methyl sites for hydroxylation is 1. The fraction of sp³-hybridized carbons (Fsp3) is 0.0556. The molecule has 132 valence electrons. The van der Waals surface area contributed by atoms with Gasteiger partial charge in [-0.25, -0.2) is 23.1 Å². The van der Waals surface area contributed by atoms with Gasteiger partial charge in [0.25, 0.3) is 5.91 Å². The summed E-state index contributed by atoms with van der Waals surface area (Å²) < 4.78 is 39.8. The topological polar surface area (TPSA) is 66.9 Å². The van der Waals surface area contributed by atoms with Gasteiger partial charge in [-0.15, -0.1) is 0 Å². The van der Waals surface area contributed by atoms with Crippen LogP contribution in [0.25, 0.3) is 0 Å². The number of halogens is 3. The Morgan fingerprint density at radius 3 is 2.31 bits per heavy atom. The highest BCUT2D eigenvalue weighted by molar-refractivity contribution is 6.02. The van der Waals surface area contributed by atoms with Crippen LogP contribution >= 0.6 is 0 Å². The van der Waals surface area contributed by atoms with E-state index < -0.39 is 23.4 Å². The highest BCUT2D eigenvalue weighted by atomic mass is 19.2. The normalized spacial score (nSPS) is 10.5. The number of hydrogen-bond donors (Lipinski definition) is 2. The van der Waals surface area contributed by atoms with Gasteiger partial charge >= 0.3 is 0 Å². The van der Waals surface area contributed by atoms with Gasteiger partial charge in [-0.2, -0.15) is 0 Å². The van der Waals surface area contributed by atoms with Gasteiger partial charge < -0.3 is 10.6 Å². The lowest BCUT2D eigenvalue weighted by Crippen LogP contribution is -2.14. The minimum atomic E-state index is -1.59. The molecule has 0 atom stereocenters. The quantitative estimate of drug-likeness (QED) is 0.686. The predicted octanol–water partition coefficient (Wildman–Crippen LogP) is 4.20. The van der Waals surface area contributed by atoms with Crippen LogP contribution in [0.3, 0.4) is 0 Å². The molecule has 8 heteroatoms. The number of hydrogen-bond acceptors (Lipinski definition) is 4. The van der Waals surface area contributed by atoms with E-state index in [1.165, 1.54) is 12.4 Å². The highest BCUT2D eigenvalue weighted by Crippen LogP contribution is 2.22. The van der Waals surface area contributed by atoms with E-state index in [1.807, 2.05) is 19.1 Å². The van der Waals surface area contributed by atoms with Crippen molar-refractivity contribution in [3.63, 3.8) is 0 Å². The lowest BCUT2D eigenvalue weighted by atomic mass is 10.2. The first kappa shape index (κ1) is 17.4. The van der Waals surface area contributed by atoms with Crippen molar-refractivity contribution < 1.29 is 18.0 Å². The van der Waals surface area contributed by atoms with Gasteiger partial charge in [0.2, 0.25) is 0 Å². The third kappa shape index (κ3) is 3.80. The van der Waals surface area contributed by atoms with E-state index in [-0.39, 0.29) is 17.2 Å². The summed E-state index contributed by atoms with van der Waals surface area (Å²) in [6.45, 7) is 1.93.